The minimum Gasteiger partial charge on any atom is -0.449 e. The molecular weight excluding hydrogens is 190 g/mol. The molecule has 0 unspecified atom stereocenters. The first-order valence-electron chi connectivity index (χ1n) is 3.67. The van der Waals surface area contributed by atoms with E-state index in [-0.39, 0.29) is 17.0 Å². The second-order valence-electron chi connectivity index (χ2n) is 2.53. The van der Waals surface area contributed by atoms with Crippen LogP contribution in [-0.2, 0) is 0 Å². The summed E-state index contributed by atoms with van der Waals surface area (Å²) in [6.07, 6.45) is -1.49. The highest BCUT2D eigenvalue weighted by atomic mass is 16.7. The Kier molecular flexibility index (Phi) is 2.66. The van der Waals surface area contributed by atoms with Gasteiger partial charge in [0.2, 0.25) is 0 Å². The highest BCUT2D eigenvalue weighted by molar-refractivity contribution is 5.63. The lowest BCUT2D eigenvalue weighted by Crippen LogP contribution is -2.05. The van der Waals surface area contributed by atoms with Crippen molar-refractivity contribution in [2.24, 2.45) is 0 Å². The van der Waals surface area contributed by atoms with Gasteiger partial charge in [0, 0.05) is 6.07 Å². The van der Waals surface area contributed by atoms with Crippen molar-refractivity contribution in [1.82, 2.24) is 0 Å². The smallest absolute Gasteiger partial charge is 0.449 e. The van der Waals surface area contributed by atoms with Crippen LogP contribution < -0.4 is 4.74 Å². The first kappa shape index (κ1) is 9.97. The second-order valence-corrected chi connectivity index (χ2v) is 2.53. The molecule has 0 aliphatic carbocycles. The Hall–Kier alpha value is -2.11. The molecule has 1 aromatic rings. The fourth-order valence-electron chi connectivity index (χ4n) is 1.01. The maximum absolute atomic E-state index is 10.5. The van der Waals surface area contributed by atoms with Gasteiger partial charge in [-0.1, -0.05) is 6.07 Å². The van der Waals surface area contributed by atoms with Crippen LogP contribution in [0, 0.1) is 17.0 Å². The standard InChI is InChI=1S/C8H7NO5/c1-5-6(9(12)13)3-2-4-7(5)14-8(10)11/h2-4H,1H3,(H,10,11). The molecule has 0 bridgehead atoms. The number of carbonyl (C=O) groups is 1. The van der Waals surface area contributed by atoms with Crippen LogP contribution in [0.15, 0.2) is 18.2 Å². The van der Waals surface area contributed by atoms with Gasteiger partial charge in [0.15, 0.2) is 0 Å². The number of hydrogen-bond acceptors (Lipinski definition) is 4. The van der Waals surface area contributed by atoms with E-state index >= 15 is 0 Å². The molecule has 0 atom stereocenters. The molecule has 6 nitrogen and oxygen atoms in total. The summed E-state index contributed by atoms with van der Waals surface area (Å²) in [6, 6.07) is 4.00. The van der Waals surface area contributed by atoms with Crippen molar-refractivity contribution < 1.29 is 19.6 Å². The molecule has 0 aliphatic heterocycles. The van der Waals surface area contributed by atoms with Crippen molar-refractivity contribution in [3.05, 3.63) is 33.9 Å². The number of nitro benzene ring substituents is 1. The largest absolute Gasteiger partial charge is 0.511 e. The van der Waals surface area contributed by atoms with E-state index in [1.165, 1.54) is 25.1 Å². The molecular formula is C8H7NO5. The molecule has 0 saturated carbocycles. The van der Waals surface area contributed by atoms with E-state index in [0.29, 0.717) is 0 Å². The van der Waals surface area contributed by atoms with Gasteiger partial charge in [0.05, 0.1) is 10.5 Å². The summed E-state index contributed by atoms with van der Waals surface area (Å²) in [5, 5.41) is 18.8. The normalized spacial score (nSPS) is 9.50. The van der Waals surface area contributed by atoms with E-state index in [1.807, 2.05) is 0 Å². The zero-order valence-corrected chi connectivity index (χ0v) is 7.26. The van der Waals surface area contributed by atoms with E-state index in [9.17, 15) is 14.9 Å². The summed E-state index contributed by atoms with van der Waals surface area (Å²) in [5.74, 6) is -0.0216. The van der Waals surface area contributed by atoms with Crippen LogP contribution >= 0.6 is 0 Å². The minimum absolute atomic E-state index is 0.0216. The number of nitrogens with zero attached hydrogens (tertiary/aromatic N) is 1. The maximum Gasteiger partial charge on any atom is 0.511 e. The quantitative estimate of drug-likeness (QED) is 0.338. The highest BCUT2D eigenvalue weighted by Crippen LogP contribution is 2.26. The van der Waals surface area contributed by atoms with Gasteiger partial charge in [-0.3, -0.25) is 10.1 Å². The molecule has 0 aromatic heterocycles. The Morgan fingerprint density at radius 2 is 2.21 bits per heavy atom. The lowest BCUT2D eigenvalue weighted by Gasteiger charge is -2.03. The van der Waals surface area contributed by atoms with Crippen LogP contribution in [0.5, 0.6) is 5.75 Å². The monoisotopic (exact) mass is 197 g/mol. The summed E-state index contributed by atoms with van der Waals surface area (Å²) in [5.41, 5.74) is 0.0312. The fourth-order valence-corrected chi connectivity index (χ4v) is 1.01. The highest BCUT2D eigenvalue weighted by Gasteiger charge is 2.15. The molecule has 1 rings (SSSR count). The van der Waals surface area contributed by atoms with E-state index in [0.717, 1.165) is 0 Å². The summed E-state index contributed by atoms with van der Waals surface area (Å²) in [7, 11) is 0. The third-order valence-corrected chi connectivity index (χ3v) is 1.65. The van der Waals surface area contributed by atoms with Gasteiger partial charge in [0.1, 0.15) is 5.75 Å². The lowest BCUT2D eigenvalue weighted by atomic mass is 10.2. The summed E-state index contributed by atoms with van der Waals surface area (Å²) < 4.78 is 4.35. The van der Waals surface area contributed by atoms with Crippen molar-refractivity contribution in [2.75, 3.05) is 0 Å². The van der Waals surface area contributed by atoms with Gasteiger partial charge in [-0.2, -0.15) is 0 Å². The zero-order valence-electron chi connectivity index (χ0n) is 7.26. The van der Waals surface area contributed by atoms with Crippen molar-refractivity contribution in [3.63, 3.8) is 0 Å². The number of nitro groups is 1. The van der Waals surface area contributed by atoms with Crippen molar-refractivity contribution >= 4 is 11.8 Å². The Bertz CT molecular complexity index is 387. The molecule has 74 valence electrons. The van der Waals surface area contributed by atoms with Gasteiger partial charge in [-0.25, -0.2) is 4.79 Å². The molecule has 1 N–H and O–H groups in total. The van der Waals surface area contributed by atoms with Crippen molar-refractivity contribution in [1.29, 1.82) is 0 Å². The molecule has 0 saturated heterocycles. The second kappa shape index (κ2) is 3.73. The van der Waals surface area contributed by atoms with Crippen LogP contribution in [0.4, 0.5) is 10.5 Å². The van der Waals surface area contributed by atoms with Crippen LogP contribution in [0.1, 0.15) is 5.56 Å². The van der Waals surface area contributed by atoms with E-state index in [4.69, 9.17) is 5.11 Å². The third kappa shape index (κ3) is 1.98. The molecule has 0 aliphatic rings. The Morgan fingerprint density at radius 3 is 2.71 bits per heavy atom. The van der Waals surface area contributed by atoms with Gasteiger partial charge in [-0.05, 0) is 13.0 Å². The average Bonchev–Trinajstić information content (AvgIpc) is 2.07. The first-order valence-corrected chi connectivity index (χ1v) is 3.67. The van der Waals surface area contributed by atoms with Crippen LogP contribution in [0.25, 0.3) is 0 Å². The lowest BCUT2D eigenvalue weighted by molar-refractivity contribution is -0.385. The third-order valence-electron chi connectivity index (χ3n) is 1.65. The molecule has 14 heavy (non-hydrogen) atoms. The van der Waals surface area contributed by atoms with Crippen LogP contribution in [-0.4, -0.2) is 16.2 Å². The topological polar surface area (TPSA) is 89.7 Å². The number of benzene rings is 1. The summed E-state index contributed by atoms with van der Waals surface area (Å²) >= 11 is 0. The van der Waals surface area contributed by atoms with E-state index in [1.54, 1.807) is 0 Å². The molecule has 0 fully saturated rings. The zero-order chi connectivity index (χ0) is 10.7. The van der Waals surface area contributed by atoms with Gasteiger partial charge >= 0.3 is 6.16 Å². The number of ether oxygens (including phenoxy) is 1. The van der Waals surface area contributed by atoms with E-state index < -0.39 is 11.1 Å². The minimum atomic E-state index is -1.49. The molecule has 0 amide bonds. The Balaban J connectivity index is 3.13. The number of rotatable bonds is 2. The molecule has 0 heterocycles. The Labute approximate surface area is 78.9 Å². The van der Waals surface area contributed by atoms with Crippen molar-refractivity contribution in [2.45, 2.75) is 6.92 Å². The van der Waals surface area contributed by atoms with Gasteiger partial charge in [-0.15, -0.1) is 0 Å². The van der Waals surface area contributed by atoms with Crippen LogP contribution in [0.2, 0.25) is 0 Å². The SMILES string of the molecule is Cc1c(OC(=O)O)cccc1[N+](=O)[O-]. The predicted molar refractivity (Wildman–Crippen MR) is 46.5 cm³/mol. The molecule has 0 spiro atoms. The first-order chi connectivity index (χ1) is 6.52. The summed E-state index contributed by atoms with van der Waals surface area (Å²) in [4.78, 5) is 20.1. The molecule has 0 radical (unpaired) electrons. The number of hydrogen-bond donors (Lipinski definition) is 1. The van der Waals surface area contributed by atoms with Gasteiger partial charge in [0.25, 0.3) is 5.69 Å². The Morgan fingerprint density at radius 1 is 1.57 bits per heavy atom. The number of carboxylic acid groups (broad SMARTS) is 1. The predicted octanol–water partition coefficient (Wildman–Crippen LogP) is 1.96. The maximum atomic E-state index is 10.5. The summed E-state index contributed by atoms with van der Waals surface area (Å²) in [6.45, 7) is 1.43. The average molecular weight is 197 g/mol. The van der Waals surface area contributed by atoms with Crippen molar-refractivity contribution in [3.8, 4) is 5.75 Å². The van der Waals surface area contributed by atoms with Crippen LogP contribution in [0.3, 0.4) is 0 Å². The molecule has 1 aromatic carbocycles. The molecule has 6 heteroatoms. The fraction of sp³-hybridized carbons (Fsp3) is 0.125. The van der Waals surface area contributed by atoms with Gasteiger partial charge < -0.3 is 9.84 Å². The van der Waals surface area contributed by atoms with E-state index in [2.05, 4.69) is 4.74 Å².